The van der Waals surface area contributed by atoms with Gasteiger partial charge in [0.25, 0.3) is 0 Å². The number of hydrogen-bond acceptors (Lipinski definition) is 4. The van der Waals surface area contributed by atoms with Crippen molar-refractivity contribution in [2.45, 2.75) is 26.1 Å². The molecule has 3 N–H and O–H groups in total. The molecule has 2 rings (SSSR count). The molecular weight excluding hydrogens is 335 g/mol. The van der Waals surface area contributed by atoms with E-state index in [1.807, 2.05) is 13.8 Å². The molecule has 0 amide bonds. The van der Waals surface area contributed by atoms with E-state index < -0.39 is 6.10 Å². The SMILES string of the molecule is CCNC(=NCC(O)c1ccncc1)NCC(C)Oc1cccc(F)c1. The molecule has 0 saturated carbocycles. The van der Waals surface area contributed by atoms with Crippen molar-refractivity contribution in [2.75, 3.05) is 19.6 Å². The number of aliphatic hydroxyl groups excluding tert-OH is 1. The molecule has 0 aliphatic rings. The summed E-state index contributed by atoms with van der Waals surface area (Å²) in [5.74, 6) is 0.729. The molecule has 2 aromatic rings. The van der Waals surface area contributed by atoms with Crippen molar-refractivity contribution in [3.63, 3.8) is 0 Å². The molecule has 26 heavy (non-hydrogen) atoms. The van der Waals surface area contributed by atoms with Gasteiger partial charge in [-0.1, -0.05) is 6.07 Å². The Hall–Kier alpha value is -2.67. The Bertz CT molecular complexity index is 697. The summed E-state index contributed by atoms with van der Waals surface area (Å²) in [6.45, 7) is 5.24. The van der Waals surface area contributed by atoms with Crippen molar-refractivity contribution >= 4 is 5.96 Å². The topological polar surface area (TPSA) is 78.8 Å². The van der Waals surface area contributed by atoms with E-state index in [1.54, 1.807) is 36.7 Å². The zero-order valence-corrected chi connectivity index (χ0v) is 15.0. The highest BCUT2D eigenvalue weighted by molar-refractivity contribution is 5.79. The normalized spacial score (nSPS) is 13.8. The summed E-state index contributed by atoms with van der Waals surface area (Å²) < 4.78 is 18.9. The van der Waals surface area contributed by atoms with E-state index in [4.69, 9.17) is 4.74 Å². The van der Waals surface area contributed by atoms with Crippen LogP contribution >= 0.6 is 0 Å². The van der Waals surface area contributed by atoms with Crippen molar-refractivity contribution in [1.82, 2.24) is 15.6 Å². The van der Waals surface area contributed by atoms with Gasteiger partial charge in [-0.05, 0) is 43.7 Å². The number of aliphatic imine (C=N–C) groups is 1. The molecule has 0 spiro atoms. The van der Waals surface area contributed by atoms with Crippen LogP contribution in [-0.2, 0) is 0 Å². The fraction of sp³-hybridized carbons (Fsp3) is 0.368. The van der Waals surface area contributed by atoms with Crippen LogP contribution in [0.1, 0.15) is 25.5 Å². The Morgan fingerprint density at radius 3 is 2.73 bits per heavy atom. The van der Waals surface area contributed by atoms with Crippen LogP contribution in [0.15, 0.2) is 53.8 Å². The molecule has 6 nitrogen and oxygen atoms in total. The maximum absolute atomic E-state index is 13.2. The average molecular weight is 360 g/mol. The van der Waals surface area contributed by atoms with Crippen molar-refractivity contribution < 1.29 is 14.2 Å². The second-order valence-electron chi connectivity index (χ2n) is 5.78. The Labute approximate surface area is 153 Å². The Balaban J connectivity index is 1.86. The molecule has 140 valence electrons. The zero-order chi connectivity index (χ0) is 18.8. The third kappa shape index (κ3) is 6.68. The highest BCUT2D eigenvalue weighted by atomic mass is 19.1. The highest BCUT2D eigenvalue weighted by Crippen LogP contribution is 2.13. The van der Waals surface area contributed by atoms with Crippen molar-refractivity contribution in [3.05, 3.63) is 60.2 Å². The van der Waals surface area contributed by atoms with Gasteiger partial charge in [-0.25, -0.2) is 4.39 Å². The van der Waals surface area contributed by atoms with E-state index in [1.165, 1.54) is 12.1 Å². The fourth-order valence-electron chi connectivity index (χ4n) is 2.27. The van der Waals surface area contributed by atoms with Gasteiger partial charge >= 0.3 is 0 Å². The van der Waals surface area contributed by atoms with Gasteiger partial charge in [0.2, 0.25) is 0 Å². The van der Waals surface area contributed by atoms with E-state index in [0.29, 0.717) is 24.8 Å². The van der Waals surface area contributed by atoms with Crippen LogP contribution in [0.5, 0.6) is 5.75 Å². The summed E-state index contributed by atoms with van der Waals surface area (Å²) in [5, 5.41) is 16.5. The monoisotopic (exact) mass is 360 g/mol. The lowest BCUT2D eigenvalue weighted by molar-refractivity contribution is 0.187. The van der Waals surface area contributed by atoms with Crippen LogP contribution in [-0.4, -0.2) is 41.8 Å². The molecule has 7 heteroatoms. The predicted octanol–water partition coefficient (Wildman–Crippen LogP) is 2.28. The maximum atomic E-state index is 13.2. The number of halogens is 1. The molecule has 2 atom stereocenters. The molecule has 0 aliphatic heterocycles. The summed E-state index contributed by atoms with van der Waals surface area (Å²) >= 11 is 0. The first-order chi connectivity index (χ1) is 12.6. The Kier molecular flexibility index (Phi) is 7.82. The standard InChI is InChI=1S/C19H25FN4O2/c1-3-22-19(24-13-18(25)15-7-9-21-10-8-15)23-12-14(2)26-17-6-4-5-16(20)11-17/h4-11,14,18,25H,3,12-13H2,1-2H3,(H2,22,23,24). The number of nitrogens with zero attached hydrogens (tertiary/aromatic N) is 2. The fourth-order valence-corrected chi connectivity index (χ4v) is 2.27. The largest absolute Gasteiger partial charge is 0.489 e. The summed E-state index contributed by atoms with van der Waals surface area (Å²) in [5.41, 5.74) is 0.766. The van der Waals surface area contributed by atoms with E-state index in [-0.39, 0.29) is 18.5 Å². The first-order valence-electron chi connectivity index (χ1n) is 8.61. The van der Waals surface area contributed by atoms with E-state index >= 15 is 0 Å². The minimum Gasteiger partial charge on any atom is -0.489 e. The lowest BCUT2D eigenvalue weighted by Crippen LogP contribution is -2.42. The molecule has 0 fully saturated rings. The smallest absolute Gasteiger partial charge is 0.191 e. The van der Waals surface area contributed by atoms with Crippen molar-refractivity contribution in [1.29, 1.82) is 0 Å². The van der Waals surface area contributed by atoms with Gasteiger partial charge in [-0.2, -0.15) is 0 Å². The lowest BCUT2D eigenvalue weighted by Gasteiger charge is -2.18. The number of guanidine groups is 1. The van der Waals surface area contributed by atoms with E-state index in [0.717, 1.165) is 5.56 Å². The third-order valence-corrected chi connectivity index (χ3v) is 3.55. The summed E-state index contributed by atoms with van der Waals surface area (Å²) in [6.07, 6.45) is 2.38. The molecular formula is C19H25FN4O2. The number of pyridine rings is 1. The number of aliphatic hydroxyl groups is 1. The number of hydrogen-bond donors (Lipinski definition) is 3. The van der Waals surface area contributed by atoms with Crippen LogP contribution < -0.4 is 15.4 Å². The van der Waals surface area contributed by atoms with Gasteiger partial charge in [0.15, 0.2) is 5.96 Å². The average Bonchev–Trinajstić information content (AvgIpc) is 2.64. The minimum absolute atomic E-state index is 0.189. The molecule has 1 aromatic carbocycles. The van der Waals surface area contributed by atoms with Gasteiger partial charge in [-0.15, -0.1) is 0 Å². The first kappa shape index (κ1) is 19.7. The first-order valence-corrected chi connectivity index (χ1v) is 8.61. The lowest BCUT2D eigenvalue weighted by atomic mass is 10.1. The Morgan fingerprint density at radius 1 is 1.27 bits per heavy atom. The molecule has 1 aromatic heterocycles. The summed E-state index contributed by atoms with van der Waals surface area (Å²) in [4.78, 5) is 8.32. The van der Waals surface area contributed by atoms with Gasteiger partial charge in [0.1, 0.15) is 17.7 Å². The van der Waals surface area contributed by atoms with Gasteiger partial charge in [-0.3, -0.25) is 9.98 Å². The van der Waals surface area contributed by atoms with E-state index in [2.05, 4.69) is 20.6 Å². The van der Waals surface area contributed by atoms with Crippen LogP contribution in [0, 0.1) is 5.82 Å². The van der Waals surface area contributed by atoms with Gasteiger partial charge < -0.3 is 20.5 Å². The second kappa shape index (κ2) is 10.4. The number of nitrogens with one attached hydrogen (secondary N) is 2. The molecule has 0 bridgehead atoms. The molecule has 0 aliphatic carbocycles. The van der Waals surface area contributed by atoms with Crippen molar-refractivity contribution in [2.24, 2.45) is 4.99 Å². The van der Waals surface area contributed by atoms with Gasteiger partial charge in [0.05, 0.1) is 19.2 Å². The highest BCUT2D eigenvalue weighted by Gasteiger charge is 2.09. The maximum Gasteiger partial charge on any atom is 0.191 e. The second-order valence-corrected chi connectivity index (χ2v) is 5.78. The van der Waals surface area contributed by atoms with Crippen LogP contribution in [0.3, 0.4) is 0 Å². The quantitative estimate of drug-likeness (QED) is 0.497. The predicted molar refractivity (Wildman–Crippen MR) is 99.7 cm³/mol. The minimum atomic E-state index is -0.700. The molecule has 2 unspecified atom stereocenters. The van der Waals surface area contributed by atoms with E-state index in [9.17, 15) is 9.50 Å². The molecule has 1 heterocycles. The van der Waals surface area contributed by atoms with Crippen molar-refractivity contribution in [3.8, 4) is 5.75 Å². The number of benzene rings is 1. The molecule has 0 saturated heterocycles. The number of aromatic nitrogens is 1. The number of ether oxygens (including phenoxy) is 1. The summed E-state index contributed by atoms with van der Waals surface area (Å²) in [6, 6.07) is 9.56. The van der Waals surface area contributed by atoms with Crippen LogP contribution in [0.2, 0.25) is 0 Å². The van der Waals surface area contributed by atoms with Crippen LogP contribution in [0.25, 0.3) is 0 Å². The molecule has 0 radical (unpaired) electrons. The van der Waals surface area contributed by atoms with Gasteiger partial charge in [0, 0.05) is 25.0 Å². The summed E-state index contributed by atoms with van der Waals surface area (Å²) in [7, 11) is 0. The number of rotatable bonds is 8. The zero-order valence-electron chi connectivity index (χ0n) is 15.0. The third-order valence-electron chi connectivity index (χ3n) is 3.55. The van der Waals surface area contributed by atoms with Crippen LogP contribution in [0.4, 0.5) is 4.39 Å². The Morgan fingerprint density at radius 2 is 2.04 bits per heavy atom.